The molecule has 4 heterocycles. The fraction of sp³-hybridized carbons (Fsp3) is 0.0411. The molecule has 0 aliphatic rings. The van der Waals surface area contributed by atoms with E-state index in [-0.39, 0.29) is 0 Å². The molecule has 368 valence electrons. The monoisotopic (exact) mass is 997 g/mol. The van der Waals surface area contributed by atoms with E-state index >= 15 is 0 Å². The lowest BCUT2D eigenvalue weighted by Gasteiger charge is -2.13. The van der Waals surface area contributed by atoms with Crippen LogP contribution >= 0.6 is 0 Å². The Balaban J connectivity index is 0.795. The highest BCUT2D eigenvalue weighted by Crippen LogP contribution is 2.41. The number of hydrogen-bond donors (Lipinski definition) is 0. The summed E-state index contributed by atoms with van der Waals surface area (Å²) in [5, 5.41) is 7.41. The van der Waals surface area contributed by atoms with Crippen molar-refractivity contribution in [3.8, 4) is 73.2 Å². The van der Waals surface area contributed by atoms with Crippen LogP contribution in [0.4, 0.5) is 0 Å². The third-order valence-electron chi connectivity index (χ3n) is 15.9. The quantitative estimate of drug-likeness (QED) is 0.152. The van der Waals surface area contributed by atoms with Gasteiger partial charge in [-0.05, 0) is 140 Å². The molecule has 0 N–H and O–H groups in total. The summed E-state index contributed by atoms with van der Waals surface area (Å²) in [4.78, 5) is 10.2. The first-order valence-corrected chi connectivity index (χ1v) is 26.8. The molecule has 0 amide bonds. The first-order chi connectivity index (χ1) is 38.4. The van der Waals surface area contributed by atoms with E-state index in [1.165, 1.54) is 93.3 Å². The molecular formula is C73H51N5. The van der Waals surface area contributed by atoms with Crippen LogP contribution in [0.5, 0.6) is 0 Å². The topological polar surface area (TPSA) is 40.6 Å². The van der Waals surface area contributed by atoms with E-state index in [4.69, 9.17) is 9.97 Å². The molecule has 15 aromatic rings. The summed E-state index contributed by atoms with van der Waals surface area (Å²) in [5.41, 5.74) is 23.8. The predicted molar refractivity (Wildman–Crippen MR) is 326 cm³/mol. The van der Waals surface area contributed by atoms with Crippen molar-refractivity contribution in [1.82, 2.24) is 23.7 Å². The fourth-order valence-electron chi connectivity index (χ4n) is 12.2. The lowest BCUT2D eigenvalue weighted by Crippen LogP contribution is -1.96. The van der Waals surface area contributed by atoms with Gasteiger partial charge in [0.05, 0.1) is 44.5 Å². The van der Waals surface area contributed by atoms with E-state index in [0.29, 0.717) is 0 Å². The highest BCUT2D eigenvalue weighted by atomic mass is 15.0. The molecule has 0 fully saturated rings. The highest BCUT2D eigenvalue weighted by Gasteiger charge is 2.20. The number of aromatic nitrogens is 5. The van der Waals surface area contributed by atoms with Crippen molar-refractivity contribution in [2.24, 2.45) is 0 Å². The van der Waals surface area contributed by atoms with Gasteiger partial charge in [0.2, 0.25) is 0 Å². The molecule has 0 radical (unpaired) electrons. The van der Waals surface area contributed by atoms with Gasteiger partial charge in [-0.3, -0.25) is 0 Å². The maximum Gasteiger partial charge on any atom is 0.160 e. The smallest absolute Gasteiger partial charge is 0.160 e. The molecule has 0 atom stereocenters. The van der Waals surface area contributed by atoms with E-state index in [9.17, 15) is 0 Å². The lowest BCUT2D eigenvalue weighted by molar-refractivity contribution is 1.16. The van der Waals surface area contributed by atoms with Gasteiger partial charge in [0.15, 0.2) is 5.82 Å². The fourth-order valence-corrected chi connectivity index (χ4v) is 12.2. The Morgan fingerprint density at radius 1 is 0.256 bits per heavy atom. The van der Waals surface area contributed by atoms with Crippen molar-refractivity contribution >= 4 is 65.4 Å². The number of hydrogen-bond acceptors (Lipinski definition) is 2. The van der Waals surface area contributed by atoms with Crippen molar-refractivity contribution in [3.05, 3.63) is 271 Å². The zero-order valence-corrected chi connectivity index (χ0v) is 43.5. The maximum absolute atomic E-state index is 5.13. The third kappa shape index (κ3) is 7.46. The number of para-hydroxylation sites is 4. The van der Waals surface area contributed by atoms with E-state index in [1.807, 2.05) is 0 Å². The predicted octanol–water partition coefficient (Wildman–Crippen LogP) is 19.0. The Bertz CT molecular complexity index is 4530. The van der Waals surface area contributed by atoms with Crippen LogP contribution in [0.2, 0.25) is 0 Å². The zero-order chi connectivity index (χ0) is 52.0. The van der Waals surface area contributed by atoms with Crippen molar-refractivity contribution < 1.29 is 0 Å². The molecule has 5 nitrogen and oxygen atoms in total. The summed E-state index contributed by atoms with van der Waals surface area (Å²) < 4.78 is 7.28. The normalized spacial score (nSPS) is 11.8. The van der Waals surface area contributed by atoms with Gasteiger partial charge < -0.3 is 13.7 Å². The maximum atomic E-state index is 5.13. The van der Waals surface area contributed by atoms with Crippen LogP contribution in [0.1, 0.15) is 16.7 Å². The summed E-state index contributed by atoms with van der Waals surface area (Å²) >= 11 is 0. The van der Waals surface area contributed by atoms with E-state index in [0.717, 1.165) is 62.0 Å². The van der Waals surface area contributed by atoms with Crippen LogP contribution in [0, 0.1) is 20.8 Å². The van der Waals surface area contributed by atoms with Gasteiger partial charge in [0.25, 0.3) is 0 Å². The Morgan fingerprint density at radius 2 is 0.667 bits per heavy atom. The van der Waals surface area contributed by atoms with Gasteiger partial charge in [-0.1, -0.05) is 175 Å². The van der Waals surface area contributed by atoms with Crippen molar-refractivity contribution in [2.45, 2.75) is 20.8 Å². The van der Waals surface area contributed by atoms with Crippen LogP contribution in [0.3, 0.4) is 0 Å². The Morgan fingerprint density at radius 3 is 1.18 bits per heavy atom. The number of fused-ring (bicyclic) bond motifs is 9. The first kappa shape index (κ1) is 45.3. The second-order valence-corrected chi connectivity index (χ2v) is 20.8. The summed E-state index contributed by atoms with van der Waals surface area (Å²) in [6.07, 6.45) is 0. The minimum Gasteiger partial charge on any atom is -0.309 e. The lowest BCUT2D eigenvalue weighted by atomic mass is 9.94. The van der Waals surface area contributed by atoms with Gasteiger partial charge in [-0.15, -0.1) is 0 Å². The van der Waals surface area contributed by atoms with Crippen molar-refractivity contribution in [2.75, 3.05) is 0 Å². The van der Waals surface area contributed by atoms with E-state index in [2.05, 4.69) is 289 Å². The van der Waals surface area contributed by atoms with Crippen molar-refractivity contribution in [1.29, 1.82) is 0 Å². The molecule has 15 rings (SSSR count). The van der Waals surface area contributed by atoms with Crippen LogP contribution in [-0.4, -0.2) is 23.7 Å². The molecule has 0 spiro atoms. The summed E-state index contributed by atoms with van der Waals surface area (Å²) in [5.74, 6) is 0.724. The largest absolute Gasteiger partial charge is 0.309 e. The summed E-state index contributed by atoms with van der Waals surface area (Å²) in [6, 6.07) is 92.8. The van der Waals surface area contributed by atoms with Gasteiger partial charge in [-0.2, -0.15) is 0 Å². The third-order valence-corrected chi connectivity index (χ3v) is 15.9. The molecule has 78 heavy (non-hydrogen) atoms. The number of benzene rings is 11. The molecule has 0 aliphatic heterocycles. The molecule has 0 bridgehead atoms. The Kier molecular flexibility index (Phi) is 10.5. The average molecular weight is 998 g/mol. The van der Waals surface area contributed by atoms with E-state index in [1.54, 1.807) is 0 Å². The molecule has 0 saturated carbocycles. The molecule has 4 aromatic heterocycles. The number of aryl methyl sites for hydroxylation is 3. The molecule has 0 aliphatic carbocycles. The first-order valence-electron chi connectivity index (χ1n) is 26.8. The summed E-state index contributed by atoms with van der Waals surface area (Å²) in [7, 11) is 0. The van der Waals surface area contributed by atoms with Crippen LogP contribution in [0.15, 0.2) is 255 Å². The van der Waals surface area contributed by atoms with Crippen LogP contribution in [0.25, 0.3) is 139 Å². The highest BCUT2D eigenvalue weighted by molar-refractivity contribution is 6.14. The standard InChI is InChI=1S/C73H51N5/c1-46-14-12-16-53(40-46)66-45-65(74-73(75-66)54-17-13-15-47(2)41-54)51-28-26-50(27-29-51)58-37-32-52(42-48(58)3)49-30-33-55(34-31-49)76-71-38-35-56(77-67-22-8-4-18-59(67)60-19-5-9-23-68(60)77)43-63(71)64-44-57(36-39-72(64)76)78-69-24-10-6-20-61(69)62-21-7-11-25-70(62)78/h4-45H,1-3H3. The second-order valence-electron chi connectivity index (χ2n) is 20.8. The molecule has 0 saturated heterocycles. The SMILES string of the molecule is Cc1cccc(-c2cc(-c3ccc(-c4ccc(-c5ccc(-n6c7ccc(-n8c9ccccc9c9ccccc98)cc7c7cc(-n8c9ccccc9c9ccccc98)ccc76)cc5)cc4C)cc3)nc(-c3cccc(C)c3)n2)c1. The van der Waals surface area contributed by atoms with Gasteiger partial charge in [0, 0.05) is 66.1 Å². The van der Waals surface area contributed by atoms with E-state index < -0.39 is 0 Å². The Hall–Kier alpha value is -10.1. The number of rotatable bonds is 8. The van der Waals surface area contributed by atoms with Crippen LogP contribution < -0.4 is 0 Å². The zero-order valence-electron chi connectivity index (χ0n) is 43.5. The second kappa shape index (κ2) is 18.0. The average Bonchev–Trinajstić information content (AvgIpc) is 4.23. The summed E-state index contributed by atoms with van der Waals surface area (Å²) in [6.45, 7) is 6.44. The molecule has 5 heteroatoms. The van der Waals surface area contributed by atoms with Gasteiger partial charge in [0.1, 0.15) is 0 Å². The molecule has 0 unspecified atom stereocenters. The minimum absolute atomic E-state index is 0.724. The van der Waals surface area contributed by atoms with Crippen LogP contribution in [-0.2, 0) is 0 Å². The number of nitrogens with zero attached hydrogens (tertiary/aromatic N) is 5. The molecular weight excluding hydrogens is 947 g/mol. The minimum atomic E-state index is 0.724. The van der Waals surface area contributed by atoms with Gasteiger partial charge >= 0.3 is 0 Å². The van der Waals surface area contributed by atoms with Crippen molar-refractivity contribution in [3.63, 3.8) is 0 Å². The Labute approximate surface area is 452 Å². The molecule has 11 aromatic carbocycles. The van der Waals surface area contributed by atoms with Gasteiger partial charge in [-0.25, -0.2) is 9.97 Å².